The van der Waals surface area contributed by atoms with Crippen molar-refractivity contribution in [2.45, 2.75) is 26.2 Å². The van der Waals surface area contributed by atoms with E-state index in [-0.39, 0.29) is 16.0 Å². The predicted octanol–water partition coefficient (Wildman–Crippen LogP) is 2.91. The molecule has 22 heavy (non-hydrogen) atoms. The molecule has 1 N–H and O–H groups in total. The van der Waals surface area contributed by atoms with Crippen LogP contribution in [0.4, 0.5) is 11.4 Å². The zero-order valence-corrected chi connectivity index (χ0v) is 13.9. The van der Waals surface area contributed by atoms with Crippen LogP contribution >= 0.6 is 11.3 Å². The fraction of sp³-hybridized carbons (Fsp3) is 0.533. The van der Waals surface area contributed by atoms with E-state index in [1.165, 1.54) is 0 Å². The molecule has 0 saturated carbocycles. The number of thiazole rings is 1. The van der Waals surface area contributed by atoms with Crippen LogP contribution < -0.4 is 10.2 Å². The molecule has 1 aliphatic rings. The molecule has 1 aromatic carbocycles. The molecule has 6 nitrogen and oxygen atoms in total. The largest absolute Gasteiger partial charge is 0.363 e. The van der Waals surface area contributed by atoms with E-state index in [1.807, 2.05) is 6.07 Å². The highest BCUT2D eigenvalue weighted by Crippen LogP contribution is 2.38. The van der Waals surface area contributed by atoms with Crippen LogP contribution in [-0.4, -0.2) is 36.1 Å². The number of aromatic nitrogens is 1. The van der Waals surface area contributed by atoms with Crippen molar-refractivity contribution in [1.29, 1.82) is 0 Å². The Bertz CT molecular complexity index is 714. The van der Waals surface area contributed by atoms with E-state index in [0.717, 1.165) is 41.4 Å². The van der Waals surface area contributed by atoms with Crippen LogP contribution in [0, 0.1) is 10.1 Å². The monoisotopic (exact) mass is 320 g/mol. The van der Waals surface area contributed by atoms with Crippen LogP contribution in [0.1, 0.15) is 25.8 Å². The Morgan fingerprint density at radius 3 is 2.59 bits per heavy atom. The molecule has 0 aliphatic carbocycles. The summed E-state index contributed by atoms with van der Waals surface area (Å²) in [6.07, 6.45) is 0. The minimum atomic E-state index is -0.284. The predicted molar refractivity (Wildman–Crippen MR) is 90.1 cm³/mol. The Hall–Kier alpha value is -1.73. The van der Waals surface area contributed by atoms with Crippen molar-refractivity contribution in [3.05, 3.63) is 27.3 Å². The van der Waals surface area contributed by atoms with Crippen molar-refractivity contribution >= 4 is 32.9 Å². The van der Waals surface area contributed by atoms with Gasteiger partial charge >= 0.3 is 0 Å². The van der Waals surface area contributed by atoms with Gasteiger partial charge in [-0.1, -0.05) is 20.8 Å². The summed E-state index contributed by atoms with van der Waals surface area (Å²) in [5.74, 6) is 0. The normalized spacial score (nSPS) is 16.2. The van der Waals surface area contributed by atoms with Gasteiger partial charge in [0, 0.05) is 37.7 Å². The number of nitro groups is 1. The average Bonchev–Trinajstić information content (AvgIpc) is 2.90. The molecule has 3 rings (SSSR count). The molecule has 0 spiro atoms. The van der Waals surface area contributed by atoms with Gasteiger partial charge in [0.15, 0.2) is 0 Å². The Balaban J connectivity index is 2.13. The number of piperazine rings is 1. The maximum absolute atomic E-state index is 11.5. The number of hydrogen-bond donors (Lipinski definition) is 1. The maximum Gasteiger partial charge on any atom is 0.294 e. The second-order valence-electron chi connectivity index (χ2n) is 6.57. The fourth-order valence-corrected chi connectivity index (χ4v) is 3.62. The van der Waals surface area contributed by atoms with Crippen molar-refractivity contribution < 1.29 is 4.92 Å². The molecule has 2 aromatic rings. The highest BCUT2D eigenvalue weighted by molar-refractivity contribution is 7.18. The topological polar surface area (TPSA) is 71.3 Å². The summed E-state index contributed by atoms with van der Waals surface area (Å²) in [6, 6.07) is 3.56. The first-order valence-corrected chi connectivity index (χ1v) is 8.23. The third kappa shape index (κ3) is 2.78. The summed E-state index contributed by atoms with van der Waals surface area (Å²) in [6.45, 7) is 9.58. The molecule has 0 radical (unpaired) electrons. The molecule has 1 aliphatic heterocycles. The molecule has 2 heterocycles. The van der Waals surface area contributed by atoms with Crippen LogP contribution in [0.3, 0.4) is 0 Å². The van der Waals surface area contributed by atoms with Crippen molar-refractivity contribution in [2.75, 3.05) is 31.1 Å². The number of fused-ring (bicyclic) bond motifs is 1. The summed E-state index contributed by atoms with van der Waals surface area (Å²) in [5.41, 5.74) is 1.67. The van der Waals surface area contributed by atoms with Crippen molar-refractivity contribution in [2.24, 2.45) is 0 Å². The molecule has 0 amide bonds. The molecular formula is C15H20N4O2S. The third-order valence-corrected chi connectivity index (χ3v) is 5.22. The Morgan fingerprint density at radius 2 is 2.00 bits per heavy atom. The summed E-state index contributed by atoms with van der Waals surface area (Å²) >= 11 is 1.54. The maximum atomic E-state index is 11.5. The number of nitrogens with zero attached hydrogens (tertiary/aromatic N) is 3. The summed E-state index contributed by atoms with van der Waals surface area (Å²) in [4.78, 5) is 17.9. The molecule has 0 bridgehead atoms. The SMILES string of the molecule is CC(C)(C)c1nc2cc(N3CCNCC3)c([N+](=O)[O-])cc2s1. The number of rotatable bonds is 2. The van der Waals surface area contributed by atoms with Gasteiger partial charge in [-0.15, -0.1) is 11.3 Å². The zero-order valence-electron chi connectivity index (χ0n) is 13.0. The lowest BCUT2D eigenvalue weighted by Crippen LogP contribution is -2.43. The first-order valence-electron chi connectivity index (χ1n) is 7.41. The first-order chi connectivity index (χ1) is 10.4. The molecule has 1 aromatic heterocycles. The lowest BCUT2D eigenvalue weighted by molar-refractivity contribution is -0.384. The van der Waals surface area contributed by atoms with Gasteiger partial charge in [0.05, 0.1) is 20.1 Å². The highest BCUT2D eigenvalue weighted by Gasteiger charge is 2.25. The van der Waals surface area contributed by atoms with E-state index >= 15 is 0 Å². The number of nitro benzene ring substituents is 1. The second-order valence-corrected chi connectivity index (χ2v) is 7.60. The number of hydrogen-bond acceptors (Lipinski definition) is 6. The van der Waals surface area contributed by atoms with E-state index in [4.69, 9.17) is 4.98 Å². The average molecular weight is 320 g/mol. The second kappa shape index (κ2) is 5.48. The van der Waals surface area contributed by atoms with Crippen LogP contribution in [-0.2, 0) is 5.41 Å². The van der Waals surface area contributed by atoms with Crippen LogP contribution in [0.2, 0.25) is 0 Å². The Kier molecular flexibility index (Phi) is 3.78. The summed E-state index contributed by atoms with van der Waals surface area (Å²) in [5, 5.41) is 15.7. The van der Waals surface area contributed by atoms with E-state index in [0.29, 0.717) is 5.69 Å². The minimum absolute atomic E-state index is 0.0479. The van der Waals surface area contributed by atoms with Gasteiger partial charge < -0.3 is 10.2 Å². The van der Waals surface area contributed by atoms with E-state index in [1.54, 1.807) is 17.4 Å². The number of benzene rings is 1. The summed E-state index contributed by atoms with van der Waals surface area (Å²) < 4.78 is 0.885. The molecule has 7 heteroatoms. The van der Waals surface area contributed by atoms with Gasteiger partial charge in [-0.05, 0) is 6.07 Å². The smallest absolute Gasteiger partial charge is 0.294 e. The van der Waals surface area contributed by atoms with Gasteiger partial charge in [0.25, 0.3) is 5.69 Å². The Labute approximate surface area is 133 Å². The Morgan fingerprint density at radius 1 is 1.32 bits per heavy atom. The van der Waals surface area contributed by atoms with Crippen LogP contribution in [0.15, 0.2) is 12.1 Å². The van der Waals surface area contributed by atoms with Crippen molar-refractivity contribution in [1.82, 2.24) is 10.3 Å². The molecule has 1 fully saturated rings. The van der Waals surface area contributed by atoms with Crippen molar-refractivity contribution in [3.63, 3.8) is 0 Å². The quantitative estimate of drug-likeness (QED) is 0.680. The van der Waals surface area contributed by atoms with Gasteiger partial charge in [0.2, 0.25) is 0 Å². The minimum Gasteiger partial charge on any atom is -0.363 e. The van der Waals surface area contributed by atoms with Gasteiger partial charge in [-0.2, -0.15) is 0 Å². The third-order valence-electron chi connectivity index (χ3n) is 3.78. The van der Waals surface area contributed by atoms with Gasteiger partial charge in [-0.3, -0.25) is 10.1 Å². The molecule has 0 atom stereocenters. The molecule has 1 saturated heterocycles. The van der Waals surface area contributed by atoms with E-state index in [9.17, 15) is 10.1 Å². The lowest BCUT2D eigenvalue weighted by atomic mass is 9.98. The standard InChI is InChI=1S/C15H20N4O2S/c1-15(2,3)14-17-10-8-11(18-6-4-16-5-7-18)12(19(20)21)9-13(10)22-14/h8-9,16H,4-7H2,1-3H3. The first kappa shape index (κ1) is 15.2. The molecular weight excluding hydrogens is 300 g/mol. The van der Waals surface area contributed by atoms with Crippen LogP contribution in [0.5, 0.6) is 0 Å². The summed E-state index contributed by atoms with van der Waals surface area (Å²) in [7, 11) is 0. The van der Waals surface area contributed by atoms with Crippen molar-refractivity contribution in [3.8, 4) is 0 Å². The molecule has 0 unspecified atom stereocenters. The van der Waals surface area contributed by atoms with E-state index < -0.39 is 0 Å². The lowest BCUT2D eigenvalue weighted by Gasteiger charge is -2.28. The van der Waals surface area contributed by atoms with Gasteiger partial charge in [-0.25, -0.2) is 4.98 Å². The van der Waals surface area contributed by atoms with E-state index in [2.05, 4.69) is 31.0 Å². The number of anilines is 1. The highest BCUT2D eigenvalue weighted by atomic mass is 32.1. The molecule has 118 valence electrons. The zero-order chi connectivity index (χ0) is 15.9. The van der Waals surface area contributed by atoms with Gasteiger partial charge in [0.1, 0.15) is 5.69 Å². The number of nitrogens with one attached hydrogen (secondary N) is 1. The van der Waals surface area contributed by atoms with Crippen LogP contribution in [0.25, 0.3) is 10.2 Å². The fourth-order valence-electron chi connectivity index (χ4n) is 2.58.